The second-order valence-electron chi connectivity index (χ2n) is 7.14. The van der Waals surface area contributed by atoms with Gasteiger partial charge in [-0.05, 0) is 67.1 Å². The minimum Gasteiger partial charge on any atom is -0.507 e. The van der Waals surface area contributed by atoms with Crippen LogP contribution in [-0.4, -0.2) is 11.7 Å². The largest absolute Gasteiger partial charge is 0.507 e. The highest BCUT2D eigenvalue weighted by molar-refractivity contribution is 6.30. The average Bonchev–Trinajstić information content (AvgIpc) is 2.76. The number of ether oxygens (including phenoxy) is 1. The number of rotatable bonds is 5. The molecule has 2 unspecified atom stereocenters. The number of phenolic OH excluding ortho intramolecular Hbond substituents is 1. The van der Waals surface area contributed by atoms with E-state index in [9.17, 15) is 9.50 Å². The Morgan fingerprint density at radius 1 is 1.10 bits per heavy atom. The Labute approximate surface area is 180 Å². The van der Waals surface area contributed by atoms with Crippen molar-refractivity contribution in [1.29, 1.82) is 0 Å². The zero-order valence-electron chi connectivity index (χ0n) is 16.5. The van der Waals surface area contributed by atoms with Crippen LogP contribution < -0.4 is 15.4 Å². The van der Waals surface area contributed by atoms with Gasteiger partial charge in [0.1, 0.15) is 23.4 Å². The Morgan fingerprint density at radius 3 is 2.63 bits per heavy atom. The van der Waals surface area contributed by atoms with Crippen LogP contribution in [0.4, 0.5) is 4.39 Å². The Bertz CT molecular complexity index is 1070. The molecule has 4 nitrogen and oxygen atoms in total. The first-order valence-electron chi connectivity index (χ1n) is 9.84. The summed E-state index contributed by atoms with van der Waals surface area (Å²) in [5, 5.41) is 16.5. The van der Waals surface area contributed by atoms with Gasteiger partial charge < -0.3 is 20.5 Å². The molecule has 1 aliphatic rings. The number of hydrogen-bond acceptors (Lipinski definition) is 3. The predicted molar refractivity (Wildman–Crippen MR) is 116 cm³/mol. The van der Waals surface area contributed by atoms with E-state index in [-0.39, 0.29) is 23.8 Å². The Kier molecular flexibility index (Phi) is 5.93. The molecule has 1 heterocycles. The minimum atomic E-state index is -0.290. The molecule has 0 aromatic heterocycles. The average molecular weight is 426 g/mol. The van der Waals surface area contributed by atoms with Crippen LogP contribution in [-0.2, 0) is 0 Å². The Morgan fingerprint density at radius 2 is 1.90 bits per heavy atom. The van der Waals surface area contributed by atoms with Gasteiger partial charge in [0, 0.05) is 22.4 Å². The van der Waals surface area contributed by atoms with Gasteiger partial charge >= 0.3 is 0 Å². The van der Waals surface area contributed by atoms with E-state index in [1.807, 2.05) is 48.6 Å². The fourth-order valence-electron chi connectivity index (χ4n) is 3.66. The van der Waals surface area contributed by atoms with Gasteiger partial charge in [0.2, 0.25) is 0 Å². The lowest BCUT2D eigenvalue weighted by molar-refractivity contribution is -0.731. The maximum Gasteiger partial charge on any atom is 0.186 e. The third kappa shape index (κ3) is 4.42. The summed E-state index contributed by atoms with van der Waals surface area (Å²) in [6.45, 7) is 2.55. The van der Waals surface area contributed by atoms with Crippen LogP contribution in [0.2, 0.25) is 5.02 Å². The van der Waals surface area contributed by atoms with Crippen LogP contribution in [0, 0.1) is 5.82 Å². The van der Waals surface area contributed by atoms with Gasteiger partial charge in [0.15, 0.2) is 6.17 Å². The van der Waals surface area contributed by atoms with E-state index in [0.717, 1.165) is 22.6 Å². The molecule has 4 rings (SSSR count). The van der Waals surface area contributed by atoms with Gasteiger partial charge in [0.25, 0.3) is 0 Å². The summed E-state index contributed by atoms with van der Waals surface area (Å²) in [5.74, 6) is 0.680. The van der Waals surface area contributed by atoms with Crippen molar-refractivity contribution >= 4 is 17.3 Å². The molecule has 0 fully saturated rings. The number of phenols is 1. The molecule has 0 spiro atoms. The minimum absolute atomic E-state index is 0.169. The molecule has 3 aromatic carbocycles. The summed E-state index contributed by atoms with van der Waals surface area (Å²) in [4.78, 5) is 0. The van der Waals surface area contributed by atoms with Crippen LogP contribution in [0.3, 0.4) is 0 Å². The molecule has 0 amide bonds. The first-order chi connectivity index (χ1) is 14.5. The summed E-state index contributed by atoms with van der Waals surface area (Å²) in [6.07, 6.45) is 1.80. The molecule has 0 saturated heterocycles. The zero-order chi connectivity index (χ0) is 21.1. The van der Waals surface area contributed by atoms with Crippen molar-refractivity contribution in [2.24, 2.45) is 0 Å². The smallest absolute Gasteiger partial charge is 0.186 e. The van der Waals surface area contributed by atoms with Gasteiger partial charge in [0.05, 0.1) is 12.2 Å². The molecule has 6 heteroatoms. The van der Waals surface area contributed by atoms with Crippen molar-refractivity contribution in [2.75, 3.05) is 6.61 Å². The highest BCUT2D eigenvalue weighted by atomic mass is 35.5. The van der Waals surface area contributed by atoms with Crippen LogP contribution >= 0.6 is 11.6 Å². The van der Waals surface area contributed by atoms with E-state index >= 15 is 0 Å². The van der Waals surface area contributed by atoms with Gasteiger partial charge in [-0.2, -0.15) is 0 Å². The summed E-state index contributed by atoms with van der Waals surface area (Å²) in [5.41, 5.74) is 3.37. The first kappa shape index (κ1) is 20.3. The molecule has 0 aliphatic carbocycles. The van der Waals surface area contributed by atoms with Gasteiger partial charge in [-0.3, -0.25) is 0 Å². The van der Waals surface area contributed by atoms with E-state index in [1.165, 1.54) is 12.1 Å². The lowest BCUT2D eigenvalue weighted by Crippen LogP contribution is -2.89. The molecule has 0 bridgehead atoms. The molecule has 0 radical (unpaired) electrons. The highest BCUT2D eigenvalue weighted by Crippen LogP contribution is 2.31. The lowest BCUT2D eigenvalue weighted by Gasteiger charge is -2.30. The number of hydrogen-bond donors (Lipinski definition) is 3. The van der Waals surface area contributed by atoms with E-state index in [1.54, 1.807) is 24.3 Å². The predicted octanol–water partition coefficient (Wildman–Crippen LogP) is 4.53. The Hall–Kier alpha value is -3.02. The van der Waals surface area contributed by atoms with Crippen molar-refractivity contribution in [3.8, 4) is 11.5 Å². The normalized spacial score (nSPS) is 18.4. The second-order valence-corrected chi connectivity index (χ2v) is 7.57. The number of nitrogens with one attached hydrogen (secondary N) is 1. The van der Waals surface area contributed by atoms with Crippen molar-refractivity contribution in [3.63, 3.8) is 0 Å². The van der Waals surface area contributed by atoms with Crippen LogP contribution in [0.25, 0.3) is 5.70 Å². The van der Waals surface area contributed by atoms with E-state index in [0.29, 0.717) is 17.2 Å². The molecule has 3 aromatic rings. The maximum absolute atomic E-state index is 13.9. The zero-order valence-corrected chi connectivity index (χ0v) is 17.2. The summed E-state index contributed by atoms with van der Waals surface area (Å²) < 4.78 is 19.4. The summed E-state index contributed by atoms with van der Waals surface area (Å²) in [6, 6.07) is 19.1. The van der Waals surface area contributed by atoms with Crippen molar-refractivity contribution in [1.82, 2.24) is 5.32 Å². The topological polar surface area (TPSA) is 58.1 Å². The number of nitrogens with two attached hydrogens (primary N) is 1. The third-order valence-corrected chi connectivity index (χ3v) is 5.32. The van der Waals surface area contributed by atoms with E-state index < -0.39 is 0 Å². The van der Waals surface area contributed by atoms with Crippen LogP contribution in [0.1, 0.15) is 35.8 Å². The first-order valence-corrected chi connectivity index (χ1v) is 10.2. The molecular formula is C24H23ClFN2O2+. The van der Waals surface area contributed by atoms with Gasteiger partial charge in [-0.1, -0.05) is 23.7 Å². The quantitative estimate of drug-likeness (QED) is 0.563. The summed E-state index contributed by atoms with van der Waals surface area (Å²) >= 11 is 6.19. The molecule has 30 heavy (non-hydrogen) atoms. The lowest BCUT2D eigenvalue weighted by atomic mass is 9.98. The van der Waals surface area contributed by atoms with Crippen molar-refractivity contribution < 1.29 is 19.6 Å². The monoisotopic (exact) mass is 425 g/mol. The van der Waals surface area contributed by atoms with E-state index in [2.05, 4.69) is 5.32 Å². The number of aromatic hydroxyl groups is 1. The third-order valence-electron chi connectivity index (χ3n) is 5.09. The molecule has 0 saturated carbocycles. The van der Waals surface area contributed by atoms with Crippen LogP contribution in [0.5, 0.6) is 11.5 Å². The van der Waals surface area contributed by atoms with Crippen LogP contribution in [0.15, 0.2) is 72.8 Å². The van der Waals surface area contributed by atoms with Crippen molar-refractivity contribution in [3.05, 3.63) is 100 Å². The molecule has 1 aliphatic heterocycles. The molecular weight excluding hydrogens is 403 g/mol. The maximum atomic E-state index is 13.9. The van der Waals surface area contributed by atoms with E-state index in [4.69, 9.17) is 16.3 Å². The molecule has 154 valence electrons. The fraction of sp³-hybridized carbons (Fsp3) is 0.167. The number of benzene rings is 3. The SMILES string of the molecule is CCOc1ccc(C2=CC(c3cc(Cl)ccc3O)[NH2+]C(c3cccc(F)c3)N2)cc1. The standard InChI is InChI=1S/C24H22ClFN2O2/c1-2-30-19-9-6-15(7-10-19)21-14-22(20-13-17(25)8-11-23(20)29)28-24(27-21)16-4-3-5-18(26)12-16/h3-14,22,24,27-29H,2H2,1H3/p+1. The Balaban J connectivity index is 1.74. The fourth-order valence-corrected chi connectivity index (χ4v) is 3.84. The van der Waals surface area contributed by atoms with Crippen molar-refractivity contribution in [2.45, 2.75) is 19.1 Å². The number of halogens is 2. The summed E-state index contributed by atoms with van der Waals surface area (Å²) in [7, 11) is 0. The number of quaternary nitrogens is 1. The molecule has 2 atom stereocenters. The highest BCUT2D eigenvalue weighted by Gasteiger charge is 2.29. The molecule has 4 N–H and O–H groups in total. The second kappa shape index (κ2) is 8.78. The van der Waals surface area contributed by atoms with Gasteiger partial charge in [-0.25, -0.2) is 4.39 Å². The van der Waals surface area contributed by atoms with Gasteiger partial charge in [-0.15, -0.1) is 0 Å².